The molecule has 6 heteroatoms. The molecule has 96 valence electrons. The second kappa shape index (κ2) is 5.50. The first kappa shape index (κ1) is 12.4. The molecule has 1 saturated heterocycles. The van der Waals surface area contributed by atoms with Crippen molar-refractivity contribution < 1.29 is 19.1 Å². The van der Waals surface area contributed by atoms with Crippen molar-refractivity contribution >= 4 is 17.5 Å². The average Bonchev–Trinajstić information content (AvgIpc) is 2.35. The van der Waals surface area contributed by atoms with Gasteiger partial charge >= 0.3 is 0 Å². The molecule has 0 bridgehead atoms. The number of amides is 2. The Balaban J connectivity index is 1.87. The first-order chi connectivity index (χ1) is 8.68. The van der Waals surface area contributed by atoms with E-state index < -0.39 is 0 Å². The summed E-state index contributed by atoms with van der Waals surface area (Å²) in [5, 5.41) is 0. The van der Waals surface area contributed by atoms with Crippen LogP contribution in [0.5, 0.6) is 5.75 Å². The van der Waals surface area contributed by atoms with Crippen LogP contribution in [0.2, 0.25) is 0 Å². The van der Waals surface area contributed by atoms with E-state index in [0.717, 1.165) is 4.90 Å². The number of rotatable bonds is 4. The molecule has 0 atom stereocenters. The molecule has 0 aliphatic carbocycles. The second-order valence-corrected chi connectivity index (χ2v) is 3.82. The fraction of sp³-hybridized carbons (Fsp3) is 0.333. The number of morpholine rings is 1. The summed E-state index contributed by atoms with van der Waals surface area (Å²) in [5.74, 6) is -0.127. The molecule has 0 aromatic heterocycles. The highest BCUT2D eigenvalue weighted by Crippen LogP contribution is 2.19. The van der Waals surface area contributed by atoms with E-state index in [2.05, 4.69) is 0 Å². The molecule has 2 rings (SSSR count). The molecule has 6 nitrogen and oxygen atoms in total. The molecular formula is C12H14N2O4. The van der Waals surface area contributed by atoms with Crippen molar-refractivity contribution in [1.29, 1.82) is 0 Å². The van der Waals surface area contributed by atoms with E-state index in [9.17, 15) is 9.59 Å². The van der Waals surface area contributed by atoms with Gasteiger partial charge in [-0.25, -0.2) is 0 Å². The summed E-state index contributed by atoms with van der Waals surface area (Å²) in [6.45, 7) is 0.305. The van der Waals surface area contributed by atoms with E-state index in [1.807, 2.05) is 0 Å². The Bertz CT molecular complexity index is 445. The smallest absolute Gasteiger partial charge is 0.255 e. The van der Waals surface area contributed by atoms with Crippen LogP contribution in [-0.2, 0) is 14.3 Å². The highest BCUT2D eigenvalue weighted by molar-refractivity contribution is 5.98. The standard InChI is InChI=1S/C12H14N2O4/c13-9-3-1-2-4-10(9)18-6-5-14-11(15)7-17-8-12(14)16/h1-4H,5-8,13H2. The molecule has 0 spiro atoms. The van der Waals surface area contributed by atoms with E-state index in [1.165, 1.54) is 0 Å². The van der Waals surface area contributed by atoms with E-state index >= 15 is 0 Å². The van der Waals surface area contributed by atoms with Gasteiger partial charge in [-0.1, -0.05) is 12.1 Å². The lowest BCUT2D eigenvalue weighted by Crippen LogP contribution is -2.47. The van der Waals surface area contributed by atoms with Crippen molar-refractivity contribution in [3.8, 4) is 5.75 Å². The van der Waals surface area contributed by atoms with Gasteiger partial charge in [0.25, 0.3) is 11.8 Å². The molecule has 2 amide bonds. The van der Waals surface area contributed by atoms with E-state index in [-0.39, 0.29) is 38.2 Å². The summed E-state index contributed by atoms with van der Waals surface area (Å²) >= 11 is 0. The summed E-state index contributed by atoms with van der Waals surface area (Å²) < 4.78 is 10.2. The Hall–Kier alpha value is -2.08. The quantitative estimate of drug-likeness (QED) is 0.602. The van der Waals surface area contributed by atoms with Gasteiger partial charge in [0.15, 0.2) is 0 Å². The lowest BCUT2D eigenvalue weighted by Gasteiger charge is -2.24. The number of nitrogen functional groups attached to an aromatic ring is 1. The maximum absolute atomic E-state index is 11.4. The van der Waals surface area contributed by atoms with E-state index in [4.69, 9.17) is 15.2 Å². The number of nitrogens with zero attached hydrogens (tertiary/aromatic N) is 1. The lowest BCUT2D eigenvalue weighted by molar-refractivity contribution is -0.158. The number of anilines is 1. The maximum Gasteiger partial charge on any atom is 0.255 e. The van der Waals surface area contributed by atoms with Gasteiger partial charge in [0, 0.05) is 0 Å². The molecule has 1 aliphatic heterocycles. The first-order valence-corrected chi connectivity index (χ1v) is 5.56. The Kier molecular flexibility index (Phi) is 3.78. The second-order valence-electron chi connectivity index (χ2n) is 3.82. The van der Waals surface area contributed by atoms with Crippen molar-refractivity contribution in [3.63, 3.8) is 0 Å². The van der Waals surface area contributed by atoms with Gasteiger partial charge in [-0.3, -0.25) is 14.5 Å². The predicted octanol–water partition coefficient (Wildman–Crippen LogP) is 0.0330. The van der Waals surface area contributed by atoms with E-state index in [1.54, 1.807) is 24.3 Å². The molecule has 1 fully saturated rings. The third-order valence-electron chi connectivity index (χ3n) is 2.54. The number of carbonyl (C=O) groups excluding carboxylic acids is 2. The lowest BCUT2D eigenvalue weighted by atomic mass is 10.3. The summed E-state index contributed by atoms with van der Waals surface area (Å²) in [5.41, 5.74) is 6.23. The topological polar surface area (TPSA) is 81.9 Å². The Morgan fingerprint density at radius 3 is 2.56 bits per heavy atom. The molecule has 2 N–H and O–H groups in total. The zero-order valence-corrected chi connectivity index (χ0v) is 9.80. The number of nitrogens with two attached hydrogens (primary N) is 1. The number of benzene rings is 1. The fourth-order valence-corrected chi connectivity index (χ4v) is 1.63. The average molecular weight is 250 g/mol. The normalized spacial score (nSPS) is 15.9. The molecule has 18 heavy (non-hydrogen) atoms. The van der Waals surface area contributed by atoms with Gasteiger partial charge < -0.3 is 15.2 Å². The van der Waals surface area contributed by atoms with Crippen molar-refractivity contribution in [1.82, 2.24) is 4.90 Å². The molecule has 1 aromatic carbocycles. The van der Waals surface area contributed by atoms with Crippen molar-refractivity contribution in [2.75, 3.05) is 32.1 Å². The highest BCUT2D eigenvalue weighted by Gasteiger charge is 2.26. The van der Waals surface area contributed by atoms with Gasteiger partial charge in [0.2, 0.25) is 0 Å². The van der Waals surface area contributed by atoms with Crippen LogP contribution in [0.15, 0.2) is 24.3 Å². The SMILES string of the molecule is Nc1ccccc1OCCN1C(=O)COCC1=O. The number of imide groups is 1. The van der Waals surface area contributed by atoms with Crippen LogP contribution in [0.1, 0.15) is 0 Å². The van der Waals surface area contributed by atoms with Crippen molar-refractivity contribution in [3.05, 3.63) is 24.3 Å². The van der Waals surface area contributed by atoms with Crippen LogP contribution in [-0.4, -0.2) is 43.1 Å². The van der Waals surface area contributed by atoms with Crippen LogP contribution in [0.4, 0.5) is 5.69 Å². The van der Waals surface area contributed by atoms with Gasteiger partial charge in [0.1, 0.15) is 25.6 Å². The Morgan fingerprint density at radius 1 is 1.22 bits per heavy atom. The number of para-hydroxylation sites is 2. The molecule has 1 aliphatic rings. The van der Waals surface area contributed by atoms with Crippen molar-refractivity contribution in [2.24, 2.45) is 0 Å². The summed E-state index contributed by atoms with van der Waals surface area (Å²) in [4.78, 5) is 24.0. The van der Waals surface area contributed by atoms with Gasteiger partial charge in [-0.2, -0.15) is 0 Å². The zero-order valence-electron chi connectivity index (χ0n) is 9.80. The third-order valence-corrected chi connectivity index (χ3v) is 2.54. The van der Waals surface area contributed by atoms with Gasteiger partial charge in [-0.15, -0.1) is 0 Å². The fourth-order valence-electron chi connectivity index (χ4n) is 1.63. The predicted molar refractivity (Wildman–Crippen MR) is 63.9 cm³/mol. The zero-order chi connectivity index (χ0) is 13.0. The maximum atomic E-state index is 11.4. The Labute approximate surface area is 104 Å². The third kappa shape index (κ3) is 2.78. The number of hydrogen-bond donors (Lipinski definition) is 1. The minimum atomic E-state index is -0.337. The summed E-state index contributed by atoms with van der Waals surface area (Å²) in [7, 11) is 0. The molecule has 0 unspecified atom stereocenters. The van der Waals surface area contributed by atoms with Gasteiger partial charge in [-0.05, 0) is 12.1 Å². The summed E-state index contributed by atoms with van der Waals surface area (Å²) in [6, 6.07) is 7.06. The van der Waals surface area contributed by atoms with Crippen LogP contribution in [0, 0.1) is 0 Å². The Morgan fingerprint density at radius 2 is 1.89 bits per heavy atom. The molecule has 1 heterocycles. The van der Waals surface area contributed by atoms with Crippen LogP contribution >= 0.6 is 0 Å². The van der Waals surface area contributed by atoms with Crippen molar-refractivity contribution in [2.45, 2.75) is 0 Å². The number of hydrogen-bond acceptors (Lipinski definition) is 5. The van der Waals surface area contributed by atoms with Gasteiger partial charge in [0.05, 0.1) is 12.2 Å². The molecule has 0 radical (unpaired) electrons. The number of carbonyl (C=O) groups is 2. The van der Waals surface area contributed by atoms with E-state index in [0.29, 0.717) is 11.4 Å². The minimum Gasteiger partial charge on any atom is -0.490 e. The molecule has 1 aromatic rings. The highest BCUT2D eigenvalue weighted by atomic mass is 16.5. The van der Waals surface area contributed by atoms with Crippen LogP contribution in [0.25, 0.3) is 0 Å². The molecule has 0 saturated carbocycles. The van der Waals surface area contributed by atoms with Crippen LogP contribution < -0.4 is 10.5 Å². The monoisotopic (exact) mass is 250 g/mol. The minimum absolute atomic E-state index is 0.0563. The van der Waals surface area contributed by atoms with Crippen LogP contribution in [0.3, 0.4) is 0 Å². The first-order valence-electron chi connectivity index (χ1n) is 5.56. The molecular weight excluding hydrogens is 236 g/mol. The summed E-state index contributed by atoms with van der Waals surface area (Å²) in [6.07, 6.45) is 0. The number of ether oxygens (including phenoxy) is 2. The largest absolute Gasteiger partial charge is 0.490 e.